The van der Waals surface area contributed by atoms with Crippen molar-refractivity contribution in [1.29, 1.82) is 0 Å². The number of amides is 1. The maximum absolute atomic E-state index is 12.5. The van der Waals surface area contributed by atoms with Gasteiger partial charge in [0.05, 0.1) is 17.0 Å². The van der Waals surface area contributed by atoms with Gasteiger partial charge in [-0.05, 0) is 75.6 Å². The van der Waals surface area contributed by atoms with Gasteiger partial charge in [-0.25, -0.2) is 4.99 Å². The van der Waals surface area contributed by atoms with E-state index in [0.29, 0.717) is 27.9 Å². The molecule has 1 amide bonds. The summed E-state index contributed by atoms with van der Waals surface area (Å²) in [5.41, 5.74) is 3.37. The molecule has 4 aromatic rings. The molecule has 0 spiro atoms. The maximum atomic E-state index is 12.5. The van der Waals surface area contributed by atoms with E-state index >= 15 is 0 Å². The summed E-state index contributed by atoms with van der Waals surface area (Å²) < 4.78 is 5.93. The number of carbonyl (C=O) groups excluding carboxylic acids is 1. The van der Waals surface area contributed by atoms with Gasteiger partial charge in [0, 0.05) is 0 Å². The van der Waals surface area contributed by atoms with Gasteiger partial charge in [0.25, 0.3) is 5.91 Å². The summed E-state index contributed by atoms with van der Waals surface area (Å²) in [4.78, 5) is 28.3. The Morgan fingerprint density at radius 3 is 2.44 bits per heavy atom. The highest BCUT2D eigenvalue weighted by Gasteiger charge is 2.23. The number of benzene rings is 4. The number of amidine groups is 1. The quantitative estimate of drug-likeness (QED) is 0.311. The van der Waals surface area contributed by atoms with E-state index in [0.717, 1.165) is 27.6 Å². The Labute approximate surface area is 212 Å². The van der Waals surface area contributed by atoms with Gasteiger partial charge in [-0.15, -0.1) is 0 Å². The molecular weight excluding hydrogens is 472 g/mol. The van der Waals surface area contributed by atoms with Crippen molar-refractivity contribution < 1.29 is 19.4 Å². The molecule has 4 aromatic carbocycles. The fourth-order valence-electron chi connectivity index (χ4n) is 3.77. The molecule has 5 rings (SSSR count). The zero-order valence-corrected chi connectivity index (χ0v) is 20.0. The molecule has 7 heteroatoms. The molecular formula is C29H22N2O4S. The largest absolute Gasteiger partial charge is 0.489 e. The van der Waals surface area contributed by atoms with Gasteiger partial charge in [0.2, 0.25) is 0 Å². The Kier molecular flexibility index (Phi) is 6.82. The molecule has 36 heavy (non-hydrogen) atoms. The van der Waals surface area contributed by atoms with Gasteiger partial charge >= 0.3 is 5.97 Å². The summed E-state index contributed by atoms with van der Waals surface area (Å²) >= 11 is 1.27. The second-order valence-corrected chi connectivity index (χ2v) is 9.29. The van der Waals surface area contributed by atoms with Crippen molar-refractivity contribution in [1.82, 2.24) is 5.32 Å². The van der Waals surface area contributed by atoms with Crippen molar-refractivity contribution in [3.8, 4) is 5.75 Å². The van der Waals surface area contributed by atoms with E-state index in [1.165, 1.54) is 11.8 Å². The van der Waals surface area contributed by atoms with Crippen LogP contribution in [0.2, 0.25) is 0 Å². The number of nitrogens with one attached hydrogen (secondary N) is 1. The standard InChI is InChI=1S/C29H22N2O4S/c32-27(33)16-19-7-11-24(12-8-19)30-29-31-28(34)26(36-29)15-21-6-9-23-17-25(13-10-22(23)14-21)35-18-20-4-2-1-3-5-20/h1-15,17H,16,18H2,(H,32,33)(H,30,31,34). The fourth-order valence-corrected chi connectivity index (χ4v) is 4.62. The van der Waals surface area contributed by atoms with Crippen molar-refractivity contribution >= 4 is 51.3 Å². The summed E-state index contributed by atoms with van der Waals surface area (Å²) in [6, 6.07) is 29.0. The lowest BCUT2D eigenvalue weighted by Gasteiger charge is -2.08. The number of rotatable bonds is 7. The fraction of sp³-hybridized carbons (Fsp3) is 0.0690. The number of aliphatic imine (C=N–C) groups is 1. The van der Waals surface area contributed by atoms with Gasteiger partial charge in [-0.3, -0.25) is 9.59 Å². The third kappa shape index (κ3) is 5.82. The first-order valence-corrected chi connectivity index (χ1v) is 12.1. The minimum Gasteiger partial charge on any atom is -0.489 e. The highest BCUT2D eigenvalue weighted by atomic mass is 32.2. The highest BCUT2D eigenvalue weighted by Crippen LogP contribution is 2.30. The number of ether oxygens (including phenoxy) is 1. The molecule has 1 heterocycles. The number of carbonyl (C=O) groups is 2. The van der Waals surface area contributed by atoms with E-state index in [1.807, 2.05) is 72.8 Å². The molecule has 0 aromatic heterocycles. The van der Waals surface area contributed by atoms with Crippen molar-refractivity contribution in [2.24, 2.45) is 4.99 Å². The lowest BCUT2D eigenvalue weighted by Crippen LogP contribution is -2.19. The number of hydrogen-bond donors (Lipinski definition) is 2. The molecule has 0 bridgehead atoms. The summed E-state index contributed by atoms with van der Waals surface area (Å²) in [7, 11) is 0. The van der Waals surface area contributed by atoms with Gasteiger partial charge in [-0.1, -0.05) is 60.7 Å². The second kappa shape index (κ2) is 10.5. The Bertz CT molecular complexity index is 1500. The predicted octanol–water partition coefficient (Wildman–Crippen LogP) is 5.94. The van der Waals surface area contributed by atoms with E-state index in [1.54, 1.807) is 24.3 Å². The Morgan fingerprint density at radius 1 is 0.917 bits per heavy atom. The summed E-state index contributed by atoms with van der Waals surface area (Å²) in [5, 5.41) is 14.3. The Morgan fingerprint density at radius 2 is 1.67 bits per heavy atom. The number of nitrogens with zero attached hydrogens (tertiary/aromatic N) is 1. The molecule has 1 aliphatic rings. The van der Waals surface area contributed by atoms with Crippen LogP contribution in [0, 0.1) is 0 Å². The van der Waals surface area contributed by atoms with E-state index in [2.05, 4.69) is 10.3 Å². The Balaban J connectivity index is 1.27. The molecule has 1 aliphatic heterocycles. The van der Waals surface area contributed by atoms with Crippen LogP contribution in [0.25, 0.3) is 16.8 Å². The predicted molar refractivity (Wildman–Crippen MR) is 143 cm³/mol. The molecule has 0 saturated carbocycles. The summed E-state index contributed by atoms with van der Waals surface area (Å²) in [6.07, 6.45) is 1.81. The molecule has 0 unspecified atom stereocenters. The molecule has 0 aliphatic carbocycles. The zero-order valence-electron chi connectivity index (χ0n) is 19.2. The normalized spacial score (nSPS) is 15.4. The molecule has 2 N–H and O–H groups in total. The van der Waals surface area contributed by atoms with Crippen molar-refractivity contribution in [2.75, 3.05) is 0 Å². The van der Waals surface area contributed by atoms with Gasteiger partial charge in [-0.2, -0.15) is 0 Å². The molecule has 0 atom stereocenters. The smallest absolute Gasteiger partial charge is 0.307 e. The second-order valence-electron chi connectivity index (χ2n) is 8.26. The molecule has 1 fully saturated rings. The van der Waals surface area contributed by atoms with Crippen LogP contribution in [-0.4, -0.2) is 22.2 Å². The number of aliphatic carboxylic acids is 1. The minimum atomic E-state index is -0.882. The minimum absolute atomic E-state index is 0.0387. The van der Waals surface area contributed by atoms with Crippen molar-refractivity contribution in [3.63, 3.8) is 0 Å². The molecule has 178 valence electrons. The van der Waals surface area contributed by atoms with Gasteiger partial charge < -0.3 is 15.2 Å². The van der Waals surface area contributed by atoms with Gasteiger partial charge in [0.1, 0.15) is 12.4 Å². The van der Waals surface area contributed by atoms with E-state index in [9.17, 15) is 9.59 Å². The molecule has 6 nitrogen and oxygen atoms in total. The zero-order chi connectivity index (χ0) is 24.9. The first-order chi connectivity index (χ1) is 17.5. The average Bonchev–Trinajstić information content (AvgIpc) is 3.22. The molecule has 0 radical (unpaired) electrons. The van der Waals surface area contributed by atoms with E-state index < -0.39 is 5.97 Å². The number of hydrogen-bond acceptors (Lipinski definition) is 5. The third-order valence-corrected chi connectivity index (χ3v) is 6.46. The highest BCUT2D eigenvalue weighted by molar-refractivity contribution is 8.18. The Hall–Kier alpha value is -4.36. The topological polar surface area (TPSA) is 88.0 Å². The van der Waals surface area contributed by atoms with Crippen molar-refractivity contribution in [2.45, 2.75) is 13.0 Å². The van der Waals surface area contributed by atoms with E-state index in [4.69, 9.17) is 9.84 Å². The van der Waals surface area contributed by atoms with Crippen molar-refractivity contribution in [3.05, 3.63) is 113 Å². The lowest BCUT2D eigenvalue weighted by atomic mass is 10.1. The number of carboxylic acids is 1. The van der Waals surface area contributed by atoms with Crippen LogP contribution in [0.1, 0.15) is 16.7 Å². The number of thioether (sulfide) groups is 1. The first kappa shape index (κ1) is 23.4. The maximum Gasteiger partial charge on any atom is 0.307 e. The van der Waals surface area contributed by atoms with E-state index in [-0.39, 0.29) is 12.3 Å². The van der Waals surface area contributed by atoms with Crippen LogP contribution in [0.5, 0.6) is 5.75 Å². The first-order valence-electron chi connectivity index (χ1n) is 11.3. The SMILES string of the molecule is O=C(O)Cc1ccc(N=C2NC(=O)C(=Cc3ccc4cc(OCc5ccccc5)ccc4c3)S2)cc1. The van der Waals surface area contributed by atoms with Crippen LogP contribution < -0.4 is 10.1 Å². The lowest BCUT2D eigenvalue weighted by molar-refractivity contribution is -0.136. The monoisotopic (exact) mass is 494 g/mol. The van der Waals surface area contributed by atoms with Gasteiger partial charge in [0.15, 0.2) is 5.17 Å². The molecule has 1 saturated heterocycles. The van der Waals surface area contributed by atoms with Crippen LogP contribution >= 0.6 is 11.8 Å². The third-order valence-electron chi connectivity index (χ3n) is 5.56. The van der Waals surface area contributed by atoms with Crippen LogP contribution in [0.3, 0.4) is 0 Å². The number of carboxylic acid groups (broad SMARTS) is 1. The number of fused-ring (bicyclic) bond motifs is 1. The average molecular weight is 495 g/mol. The van der Waals surface area contributed by atoms with Crippen LogP contribution in [0.15, 0.2) is 101 Å². The van der Waals surface area contributed by atoms with Crippen LogP contribution in [0.4, 0.5) is 5.69 Å². The van der Waals surface area contributed by atoms with Crippen LogP contribution in [-0.2, 0) is 22.6 Å². The summed E-state index contributed by atoms with van der Waals surface area (Å²) in [6.45, 7) is 0.513. The summed E-state index contributed by atoms with van der Waals surface area (Å²) in [5.74, 6) is -0.279.